The quantitative estimate of drug-likeness (QED) is 0.714. The molecular formula is C9H9N5O. The van der Waals surface area contributed by atoms with Crippen molar-refractivity contribution in [3.05, 3.63) is 36.3 Å². The van der Waals surface area contributed by atoms with Crippen molar-refractivity contribution >= 4 is 11.6 Å². The predicted molar refractivity (Wildman–Crippen MR) is 54.3 cm³/mol. The maximum absolute atomic E-state index is 11.0. The number of nitrogen functional groups attached to an aromatic ring is 1. The summed E-state index contributed by atoms with van der Waals surface area (Å²) in [5.74, 6) is -0.0775. The van der Waals surface area contributed by atoms with E-state index in [1.54, 1.807) is 18.5 Å². The second kappa shape index (κ2) is 3.41. The topological polar surface area (TPSA) is 99.8 Å². The Kier molecular flexibility index (Phi) is 2.09. The molecule has 6 heteroatoms. The molecular weight excluding hydrogens is 194 g/mol. The van der Waals surface area contributed by atoms with Crippen LogP contribution in [0.1, 0.15) is 10.4 Å². The number of nitrogens with two attached hydrogens (primary N) is 2. The molecule has 0 aliphatic carbocycles. The Hall–Kier alpha value is -2.37. The normalized spacial score (nSPS) is 10.1. The summed E-state index contributed by atoms with van der Waals surface area (Å²) in [6, 6.07) is 3.26. The van der Waals surface area contributed by atoms with Gasteiger partial charge in [-0.15, -0.1) is 0 Å². The Bertz CT molecular complexity index is 491. The molecule has 0 atom stereocenters. The van der Waals surface area contributed by atoms with Crippen LogP contribution in [0.4, 0.5) is 5.69 Å². The zero-order chi connectivity index (χ0) is 10.8. The minimum atomic E-state index is -0.580. The summed E-state index contributed by atoms with van der Waals surface area (Å²) in [6.45, 7) is 0. The van der Waals surface area contributed by atoms with Crippen molar-refractivity contribution in [3.63, 3.8) is 0 Å². The summed E-state index contributed by atoms with van der Waals surface area (Å²) in [4.78, 5) is 15.1. The van der Waals surface area contributed by atoms with Crippen molar-refractivity contribution in [3.8, 4) is 5.82 Å². The summed E-state index contributed by atoms with van der Waals surface area (Å²) >= 11 is 0. The fraction of sp³-hybridized carbons (Fsp3) is 0. The number of anilines is 1. The number of pyridine rings is 1. The molecule has 0 aromatic carbocycles. The zero-order valence-corrected chi connectivity index (χ0v) is 7.79. The summed E-state index contributed by atoms with van der Waals surface area (Å²) in [5, 5.41) is 3.98. The minimum absolute atomic E-state index is 0.246. The average molecular weight is 203 g/mol. The summed E-state index contributed by atoms with van der Waals surface area (Å²) < 4.78 is 1.52. The van der Waals surface area contributed by atoms with Crippen LogP contribution in [0.5, 0.6) is 0 Å². The van der Waals surface area contributed by atoms with E-state index in [0.29, 0.717) is 5.82 Å². The van der Waals surface area contributed by atoms with Gasteiger partial charge in [0.25, 0.3) is 5.91 Å². The first-order valence-corrected chi connectivity index (χ1v) is 4.24. The highest BCUT2D eigenvalue weighted by Gasteiger charge is 2.08. The minimum Gasteiger partial charge on any atom is -0.397 e. The van der Waals surface area contributed by atoms with Crippen LogP contribution in [0, 0.1) is 0 Å². The van der Waals surface area contributed by atoms with E-state index < -0.39 is 5.91 Å². The maximum Gasteiger partial charge on any atom is 0.250 e. The van der Waals surface area contributed by atoms with Crippen molar-refractivity contribution in [2.24, 2.45) is 5.73 Å². The number of carbonyl (C=O) groups excluding carboxylic acids is 1. The molecule has 0 aliphatic heterocycles. The Labute approximate surface area is 85.5 Å². The number of primary amides is 1. The van der Waals surface area contributed by atoms with Gasteiger partial charge < -0.3 is 11.5 Å². The Morgan fingerprint density at radius 1 is 1.47 bits per heavy atom. The van der Waals surface area contributed by atoms with Crippen LogP contribution < -0.4 is 11.5 Å². The number of hydrogen-bond donors (Lipinski definition) is 2. The molecule has 0 saturated heterocycles. The van der Waals surface area contributed by atoms with E-state index >= 15 is 0 Å². The van der Waals surface area contributed by atoms with Gasteiger partial charge in [-0.3, -0.25) is 4.79 Å². The van der Waals surface area contributed by atoms with Gasteiger partial charge in [0.15, 0.2) is 5.82 Å². The standard InChI is InChI=1S/C9H9N5O/c10-7-5-12-8(4-6(7)9(11)15)14-3-1-2-13-14/h1-5H,10H2,(H2,11,15). The van der Waals surface area contributed by atoms with Gasteiger partial charge in [-0.1, -0.05) is 0 Å². The lowest BCUT2D eigenvalue weighted by Gasteiger charge is -2.04. The molecule has 15 heavy (non-hydrogen) atoms. The molecule has 2 aromatic rings. The summed E-state index contributed by atoms with van der Waals surface area (Å²) in [6.07, 6.45) is 4.71. The molecule has 76 valence electrons. The van der Waals surface area contributed by atoms with E-state index in [2.05, 4.69) is 10.1 Å². The molecule has 2 aromatic heterocycles. The molecule has 6 nitrogen and oxygen atoms in total. The lowest BCUT2D eigenvalue weighted by molar-refractivity contribution is 0.100. The fourth-order valence-corrected chi connectivity index (χ4v) is 1.20. The second-order valence-electron chi connectivity index (χ2n) is 2.94. The molecule has 0 bridgehead atoms. The van der Waals surface area contributed by atoms with Gasteiger partial charge in [0.2, 0.25) is 0 Å². The van der Waals surface area contributed by atoms with Crippen LogP contribution in [-0.4, -0.2) is 20.7 Å². The number of carbonyl (C=O) groups is 1. The van der Waals surface area contributed by atoms with Crippen LogP contribution in [0.3, 0.4) is 0 Å². The van der Waals surface area contributed by atoms with Crippen LogP contribution in [0.25, 0.3) is 5.82 Å². The summed E-state index contributed by atoms with van der Waals surface area (Å²) in [7, 11) is 0. The van der Waals surface area contributed by atoms with Crippen molar-refractivity contribution in [2.75, 3.05) is 5.73 Å². The third-order valence-corrected chi connectivity index (χ3v) is 1.92. The first-order valence-electron chi connectivity index (χ1n) is 4.24. The van der Waals surface area contributed by atoms with E-state index in [9.17, 15) is 4.79 Å². The molecule has 0 aliphatic rings. The Morgan fingerprint density at radius 3 is 2.87 bits per heavy atom. The second-order valence-corrected chi connectivity index (χ2v) is 2.94. The molecule has 0 radical (unpaired) electrons. The third-order valence-electron chi connectivity index (χ3n) is 1.92. The van der Waals surface area contributed by atoms with Gasteiger partial charge in [-0.05, 0) is 12.1 Å². The molecule has 0 spiro atoms. The number of aromatic nitrogens is 3. The van der Waals surface area contributed by atoms with Crippen LogP contribution in [0.15, 0.2) is 30.7 Å². The molecule has 0 saturated carbocycles. The van der Waals surface area contributed by atoms with Gasteiger partial charge in [0.05, 0.1) is 17.4 Å². The summed E-state index contributed by atoms with van der Waals surface area (Å²) in [5.41, 5.74) is 11.2. The monoisotopic (exact) mass is 203 g/mol. The van der Waals surface area contributed by atoms with E-state index in [1.807, 2.05) is 0 Å². The first kappa shape index (κ1) is 9.20. The number of hydrogen-bond acceptors (Lipinski definition) is 4. The molecule has 1 amide bonds. The van der Waals surface area contributed by atoms with Crippen LogP contribution in [0.2, 0.25) is 0 Å². The number of nitrogens with zero attached hydrogens (tertiary/aromatic N) is 3. The highest BCUT2D eigenvalue weighted by Crippen LogP contribution is 2.12. The zero-order valence-electron chi connectivity index (χ0n) is 7.79. The highest BCUT2D eigenvalue weighted by atomic mass is 16.1. The smallest absolute Gasteiger partial charge is 0.250 e. The van der Waals surface area contributed by atoms with Crippen molar-refractivity contribution in [2.45, 2.75) is 0 Å². The average Bonchev–Trinajstić information content (AvgIpc) is 2.71. The van der Waals surface area contributed by atoms with Gasteiger partial charge in [-0.2, -0.15) is 5.10 Å². The molecule has 0 unspecified atom stereocenters. The van der Waals surface area contributed by atoms with Crippen molar-refractivity contribution < 1.29 is 4.79 Å². The van der Waals surface area contributed by atoms with E-state index in [0.717, 1.165) is 0 Å². The number of amides is 1. The van der Waals surface area contributed by atoms with Gasteiger partial charge in [0.1, 0.15) is 0 Å². The maximum atomic E-state index is 11.0. The van der Waals surface area contributed by atoms with Crippen molar-refractivity contribution in [1.29, 1.82) is 0 Å². The van der Waals surface area contributed by atoms with E-state index in [4.69, 9.17) is 11.5 Å². The lowest BCUT2D eigenvalue weighted by atomic mass is 10.2. The molecule has 2 rings (SSSR count). The Balaban J connectivity index is 2.52. The van der Waals surface area contributed by atoms with E-state index in [1.165, 1.54) is 16.9 Å². The van der Waals surface area contributed by atoms with Gasteiger partial charge in [-0.25, -0.2) is 9.67 Å². The highest BCUT2D eigenvalue weighted by molar-refractivity contribution is 5.98. The van der Waals surface area contributed by atoms with Crippen LogP contribution in [-0.2, 0) is 0 Å². The van der Waals surface area contributed by atoms with Gasteiger partial charge >= 0.3 is 0 Å². The number of rotatable bonds is 2. The van der Waals surface area contributed by atoms with Crippen LogP contribution >= 0.6 is 0 Å². The SMILES string of the molecule is NC(=O)c1cc(-n2cccn2)ncc1N. The third kappa shape index (κ3) is 1.64. The largest absolute Gasteiger partial charge is 0.397 e. The van der Waals surface area contributed by atoms with E-state index in [-0.39, 0.29) is 11.3 Å². The van der Waals surface area contributed by atoms with Gasteiger partial charge in [0, 0.05) is 12.4 Å². The Morgan fingerprint density at radius 2 is 2.27 bits per heavy atom. The van der Waals surface area contributed by atoms with Crippen molar-refractivity contribution in [1.82, 2.24) is 14.8 Å². The predicted octanol–water partition coefficient (Wildman–Crippen LogP) is -0.0516. The lowest BCUT2D eigenvalue weighted by Crippen LogP contribution is -2.15. The molecule has 2 heterocycles. The molecule has 0 fully saturated rings. The first-order chi connectivity index (χ1) is 7.18. The fourth-order valence-electron chi connectivity index (χ4n) is 1.20. The molecule has 4 N–H and O–H groups in total.